The smallest absolute Gasteiger partial charge is 0.313 e. The fourth-order valence-electron chi connectivity index (χ4n) is 1.27. The second-order valence-electron chi connectivity index (χ2n) is 3.16. The predicted molar refractivity (Wildman–Crippen MR) is 67.1 cm³/mol. The first-order valence-electron chi connectivity index (χ1n) is 5.41. The first-order chi connectivity index (χ1) is 8.17. The van der Waals surface area contributed by atoms with Gasteiger partial charge in [-0.1, -0.05) is 0 Å². The van der Waals surface area contributed by atoms with Crippen LogP contribution in [0, 0.1) is 0 Å². The Morgan fingerprint density at radius 2 is 2.00 bits per heavy atom. The molecule has 0 unspecified atom stereocenters. The van der Waals surface area contributed by atoms with E-state index in [1.807, 2.05) is 26.0 Å². The van der Waals surface area contributed by atoms with Gasteiger partial charge in [0.25, 0.3) is 0 Å². The maximum absolute atomic E-state index is 10.6. The highest BCUT2D eigenvalue weighted by Gasteiger charge is 2.08. The zero-order valence-electron chi connectivity index (χ0n) is 9.93. The Bertz CT molecular complexity index is 379. The normalized spacial score (nSPS) is 10.0. The number of benzene rings is 1. The van der Waals surface area contributed by atoms with Gasteiger partial charge in [0.15, 0.2) is 0 Å². The SMILES string of the molecule is CCOc1ccc(OCC)c(SCC(=O)O)c1. The van der Waals surface area contributed by atoms with Gasteiger partial charge in [0, 0.05) is 0 Å². The van der Waals surface area contributed by atoms with E-state index in [0.29, 0.717) is 19.0 Å². The van der Waals surface area contributed by atoms with Crippen molar-refractivity contribution in [1.82, 2.24) is 0 Å². The molecular weight excluding hydrogens is 240 g/mol. The molecule has 0 aliphatic carbocycles. The largest absolute Gasteiger partial charge is 0.494 e. The Labute approximate surface area is 105 Å². The summed E-state index contributed by atoms with van der Waals surface area (Å²) in [5, 5.41) is 8.68. The molecule has 0 spiro atoms. The molecule has 0 saturated carbocycles. The lowest BCUT2D eigenvalue weighted by atomic mass is 10.3. The van der Waals surface area contributed by atoms with E-state index in [2.05, 4.69) is 0 Å². The van der Waals surface area contributed by atoms with E-state index >= 15 is 0 Å². The van der Waals surface area contributed by atoms with Crippen molar-refractivity contribution in [3.8, 4) is 11.5 Å². The van der Waals surface area contributed by atoms with E-state index < -0.39 is 5.97 Å². The average molecular weight is 256 g/mol. The topological polar surface area (TPSA) is 55.8 Å². The Morgan fingerprint density at radius 3 is 2.59 bits per heavy atom. The molecule has 1 aromatic carbocycles. The highest BCUT2D eigenvalue weighted by atomic mass is 32.2. The van der Waals surface area contributed by atoms with E-state index in [4.69, 9.17) is 14.6 Å². The molecule has 0 bridgehead atoms. The lowest BCUT2D eigenvalue weighted by molar-refractivity contribution is -0.133. The van der Waals surface area contributed by atoms with Gasteiger partial charge in [0.1, 0.15) is 11.5 Å². The molecule has 5 heteroatoms. The Hall–Kier alpha value is -1.36. The van der Waals surface area contributed by atoms with Gasteiger partial charge in [-0.2, -0.15) is 0 Å². The number of carbonyl (C=O) groups is 1. The van der Waals surface area contributed by atoms with Gasteiger partial charge in [0.2, 0.25) is 0 Å². The van der Waals surface area contributed by atoms with Crippen LogP contribution in [0.1, 0.15) is 13.8 Å². The summed E-state index contributed by atoms with van der Waals surface area (Å²) in [4.78, 5) is 11.4. The highest BCUT2D eigenvalue weighted by molar-refractivity contribution is 8.00. The van der Waals surface area contributed by atoms with Crippen molar-refractivity contribution in [2.24, 2.45) is 0 Å². The Morgan fingerprint density at radius 1 is 1.29 bits per heavy atom. The van der Waals surface area contributed by atoms with Crippen molar-refractivity contribution in [2.75, 3.05) is 19.0 Å². The zero-order chi connectivity index (χ0) is 12.7. The molecule has 94 valence electrons. The second kappa shape index (κ2) is 7.06. The number of carboxylic acid groups (broad SMARTS) is 1. The van der Waals surface area contributed by atoms with Crippen LogP contribution in [0.25, 0.3) is 0 Å². The minimum atomic E-state index is -0.848. The molecule has 1 rings (SSSR count). The lowest BCUT2D eigenvalue weighted by Gasteiger charge is -2.11. The van der Waals surface area contributed by atoms with E-state index in [1.165, 1.54) is 11.8 Å². The lowest BCUT2D eigenvalue weighted by Crippen LogP contribution is -2.00. The van der Waals surface area contributed by atoms with Crippen molar-refractivity contribution in [2.45, 2.75) is 18.7 Å². The Kier molecular flexibility index (Phi) is 5.69. The number of thioether (sulfide) groups is 1. The number of carboxylic acids is 1. The van der Waals surface area contributed by atoms with Crippen molar-refractivity contribution in [3.05, 3.63) is 18.2 Å². The first-order valence-corrected chi connectivity index (χ1v) is 6.40. The van der Waals surface area contributed by atoms with Gasteiger partial charge in [-0.3, -0.25) is 4.79 Å². The molecule has 0 atom stereocenters. The number of hydrogen-bond acceptors (Lipinski definition) is 4. The standard InChI is InChI=1S/C12H16O4S/c1-3-15-9-5-6-10(16-4-2)11(7-9)17-8-12(13)14/h5-7H,3-4,8H2,1-2H3,(H,13,14). The fourth-order valence-corrected chi connectivity index (χ4v) is 2.02. The van der Waals surface area contributed by atoms with E-state index in [-0.39, 0.29) is 5.75 Å². The molecule has 17 heavy (non-hydrogen) atoms. The maximum Gasteiger partial charge on any atom is 0.313 e. The van der Waals surface area contributed by atoms with Gasteiger partial charge in [-0.25, -0.2) is 0 Å². The predicted octanol–water partition coefficient (Wildman–Crippen LogP) is 2.66. The maximum atomic E-state index is 10.6. The summed E-state index contributed by atoms with van der Waals surface area (Å²) >= 11 is 1.23. The van der Waals surface area contributed by atoms with Crippen LogP contribution in [0.15, 0.2) is 23.1 Å². The summed E-state index contributed by atoms with van der Waals surface area (Å²) < 4.78 is 10.8. The number of ether oxygens (including phenoxy) is 2. The minimum Gasteiger partial charge on any atom is -0.494 e. The fraction of sp³-hybridized carbons (Fsp3) is 0.417. The summed E-state index contributed by atoms with van der Waals surface area (Å²) in [6.07, 6.45) is 0. The number of hydrogen-bond donors (Lipinski definition) is 1. The number of rotatable bonds is 7. The molecule has 0 fully saturated rings. The van der Waals surface area contributed by atoms with Gasteiger partial charge >= 0.3 is 5.97 Å². The van der Waals surface area contributed by atoms with E-state index in [0.717, 1.165) is 10.6 Å². The van der Waals surface area contributed by atoms with Crippen molar-refractivity contribution >= 4 is 17.7 Å². The van der Waals surface area contributed by atoms with Crippen molar-refractivity contribution in [1.29, 1.82) is 0 Å². The molecule has 0 aliphatic rings. The zero-order valence-corrected chi connectivity index (χ0v) is 10.8. The molecule has 4 nitrogen and oxygen atoms in total. The van der Waals surface area contributed by atoms with Crippen LogP contribution >= 0.6 is 11.8 Å². The van der Waals surface area contributed by atoms with Gasteiger partial charge in [0.05, 0.1) is 23.9 Å². The van der Waals surface area contributed by atoms with Gasteiger partial charge < -0.3 is 14.6 Å². The molecule has 1 N–H and O–H groups in total. The molecule has 0 radical (unpaired) electrons. The molecule has 0 aromatic heterocycles. The van der Waals surface area contributed by atoms with Crippen LogP contribution in [0.2, 0.25) is 0 Å². The summed E-state index contributed by atoms with van der Waals surface area (Å²) in [6, 6.07) is 5.43. The molecule has 0 amide bonds. The monoisotopic (exact) mass is 256 g/mol. The average Bonchev–Trinajstić information content (AvgIpc) is 2.29. The van der Waals surface area contributed by atoms with Crippen LogP contribution < -0.4 is 9.47 Å². The van der Waals surface area contributed by atoms with Crippen molar-refractivity contribution in [3.63, 3.8) is 0 Å². The second-order valence-corrected chi connectivity index (χ2v) is 4.17. The van der Waals surface area contributed by atoms with E-state index in [9.17, 15) is 4.79 Å². The third kappa shape index (κ3) is 4.56. The molecule has 0 heterocycles. The Balaban J connectivity index is 2.85. The van der Waals surface area contributed by atoms with Gasteiger partial charge in [-0.15, -0.1) is 11.8 Å². The van der Waals surface area contributed by atoms with Crippen LogP contribution in [-0.2, 0) is 4.79 Å². The van der Waals surface area contributed by atoms with Crippen LogP contribution in [0.3, 0.4) is 0 Å². The quantitative estimate of drug-likeness (QED) is 0.760. The van der Waals surface area contributed by atoms with Crippen LogP contribution in [-0.4, -0.2) is 30.0 Å². The summed E-state index contributed by atoms with van der Waals surface area (Å²) in [7, 11) is 0. The van der Waals surface area contributed by atoms with E-state index in [1.54, 1.807) is 6.07 Å². The van der Waals surface area contributed by atoms with Crippen LogP contribution in [0.5, 0.6) is 11.5 Å². The summed E-state index contributed by atoms with van der Waals surface area (Å²) in [5.74, 6) is 0.584. The third-order valence-corrected chi connectivity index (χ3v) is 2.90. The minimum absolute atomic E-state index is 0.00958. The first kappa shape index (κ1) is 13.7. The highest BCUT2D eigenvalue weighted by Crippen LogP contribution is 2.33. The van der Waals surface area contributed by atoms with Crippen molar-refractivity contribution < 1.29 is 19.4 Å². The molecule has 0 saturated heterocycles. The molecular formula is C12H16O4S. The third-order valence-electron chi connectivity index (χ3n) is 1.88. The molecule has 0 aliphatic heterocycles. The number of aliphatic carboxylic acids is 1. The summed E-state index contributed by atoms with van der Waals surface area (Å²) in [5.41, 5.74) is 0. The summed E-state index contributed by atoms with van der Waals surface area (Å²) in [6.45, 7) is 4.92. The molecule has 1 aromatic rings. The van der Waals surface area contributed by atoms with Crippen LogP contribution in [0.4, 0.5) is 0 Å². The van der Waals surface area contributed by atoms with Gasteiger partial charge in [-0.05, 0) is 32.0 Å².